The highest BCUT2D eigenvalue weighted by Gasteiger charge is 2.08. The predicted molar refractivity (Wildman–Crippen MR) is 74.2 cm³/mol. The summed E-state index contributed by atoms with van der Waals surface area (Å²) in [5, 5.41) is 15.0. The summed E-state index contributed by atoms with van der Waals surface area (Å²) in [6.07, 6.45) is 0.438. The van der Waals surface area contributed by atoms with Crippen LogP contribution in [0.15, 0.2) is 34.9 Å². The maximum absolute atomic E-state index is 11.9. The Morgan fingerprint density at radius 2 is 2.15 bits per heavy atom. The Balaban J connectivity index is 2.02. The van der Waals surface area contributed by atoms with Crippen molar-refractivity contribution in [2.45, 2.75) is 13.3 Å². The minimum atomic E-state index is -0.256. The molecular weight excluding hydrogens is 256 g/mol. The highest BCUT2D eigenvalue weighted by molar-refractivity contribution is 6.03. The van der Waals surface area contributed by atoms with Gasteiger partial charge >= 0.3 is 0 Å². The average Bonchev–Trinajstić information content (AvgIpc) is 2.85. The van der Waals surface area contributed by atoms with Crippen molar-refractivity contribution in [1.82, 2.24) is 5.16 Å². The van der Waals surface area contributed by atoms with Crippen molar-refractivity contribution in [1.29, 1.82) is 0 Å². The second-order valence-corrected chi connectivity index (χ2v) is 4.13. The molecule has 2 rings (SSSR count). The molecule has 0 bridgehead atoms. The zero-order chi connectivity index (χ0) is 14.4. The molecule has 1 heterocycles. The van der Waals surface area contributed by atoms with E-state index in [1.807, 2.05) is 0 Å². The lowest BCUT2D eigenvalue weighted by molar-refractivity contribution is 0.102. The molecule has 0 fully saturated rings. The maximum Gasteiger partial charge on any atom is 0.256 e. The van der Waals surface area contributed by atoms with Gasteiger partial charge in [-0.2, -0.15) is 0 Å². The monoisotopic (exact) mass is 270 g/mol. The summed E-state index contributed by atoms with van der Waals surface area (Å²) in [5.41, 5.74) is 1.31. The molecule has 1 aromatic carbocycles. The number of anilines is 1. The SMILES string of the molecule is Cc1cc(NC(=O)c2ccc(C#CCCO)cc2)no1. The maximum atomic E-state index is 11.9. The lowest BCUT2D eigenvalue weighted by Gasteiger charge is -2.01. The van der Waals surface area contributed by atoms with E-state index < -0.39 is 0 Å². The topological polar surface area (TPSA) is 75.4 Å². The van der Waals surface area contributed by atoms with Crippen LogP contribution in [0.2, 0.25) is 0 Å². The third-order valence-corrected chi connectivity index (χ3v) is 2.49. The molecule has 20 heavy (non-hydrogen) atoms. The standard InChI is InChI=1S/C15H14N2O3/c1-11-10-14(17-20-11)16-15(19)13-7-5-12(6-8-13)4-2-3-9-18/h5-8,10,18H,3,9H2,1H3,(H,16,17,19). The number of nitrogens with zero attached hydrogens (tertiary/aromatic N) is 1. The second-order valence-electron chi connectivity index (χ2n) is 4.13. The molecule has 0 radical (unpaired) electrons. The number of rotatable bonds is 3. The van der Waals surface area contributed by atoms with Gasteiger partial charge in [-0.1, -0.05) is 17.0 Å². The van der Waals surface area contributed by atoms with Gasteiger partial charge in [-0.25, -0.2) is 0 Å². The average molecular weight is 270 g/mol. The molecule has 5 nitrogen and oxygen atoms in total. The first-order chi connectivity index (χ1) is 9.69. The number of aliphatic hydroxyl groups excluding tert-OH is 1. The first-order valence-electron chi connectivity index (χ1n) is 6.13. The Morgan fingerprint density at radius 3 is 2.75 bits per heavy atom. The van der Waals surface area contributed by atoms with Gasteiger partial charge in [0, 0.05) is 23.6 Å². The molecule has 0 spiro atoms. The Morgan fingerprint density at radius 1 is 1.40 bits per heavy atom. The lowest BCUT2D eigenvalue weighted by atomic mass is 10.1. The normalized spacial score (nSPS) is 9.70. The van der Waals surface area contributed by atoms with Crippen LogP contribution >= 0.6 is 0 Å². The summed E-state index contributed by atoms with van der Waals surface area (Å²) < 4.78 is 4.87. The van der Waals surface area contributed by atoms with Crippen molar-refractivity contribution >= 4 is 11.7 Å². The van der Waals surface area contributed by atoms with Crippen molar-refractivity contribution in [3.63, 3.8) is 0 Å². The zero-order valence-corrected chi connectivity index (χ0v) is 11.0. The Hall–Kier alpha value is -2.58. The third-order valence-electron chi connectivity index (χ3n) is 2.49. The van der Waals surface area contributed by atoms with Crippen LogP contribution in [0.5, 0.6) is 0 Å². The van der Waals surface area contributed by atoms with Crippen LogP contribution in [0.4, 0.5) is 5.82 Å². The van der Waals surface area contributed by atoms with Crippen LogP contribution < -0.4 is 5.32 Å². The van der Waals surface area contributed by atoms with E-state index in [2.05, 4.69) is 22.3 Å². The van der Waals surface area contributed by atoms with Gasteiger partial charge in [0.25, 0.3) is 5.91 Å². The molecule has 0 unspecified atom stereocenters. The van der Waals surface area contributed by atoms with Gasteiger partial charge in [0.15, 0.2) is 5.82 Å². The van der Waals surface area contributed by atoms with E-state index in [1.165, 1.54) is 0 Å². The summed E-state index contributed by atoms with van der Waals surface area (Å²) in [6.45, 7) is 1.80. The number of benzene rings is 1. The molecule has 1 aromatic heterocycles. The van der Waals surface area contributed by atoms with Crippen molar-refractivity contribution in [3.8, 4) is 11.8 Å². The molecule has 0 saturated heterocycles. The van der Waals surface area contributed by atoms with Crippen molar-refractivity contribution in [3.05, 3.63) is 47.2 Å². The fourth-order valence-corrected chi connectivity index (χ4v) is 1.54. The van der Waals surface area contributed by atoms with Crippen LogP contribution in [0.1, 0.15) is 28.1 Å². The van der Waals surface area contributed by atoms with E-state index in [-0.39, 0.29) is 12.5 Å². The van der Waals surface area contributed by atoms with Gasteiger partial charge in [0.2, 0.25) is 0 Å². The lowest BCUT2D eigenvalue weighted by Crippen LogP contribution is -2.11. The molecule has 102 valence electrons. The molecular formula is C15H14N2O3. The minimum absolute atomic E-state index is 0.0462. The number of aryl methyl sites for hydroxylation is 1. The third kappa shape index (κ3) is 3.70. The van der Waals surface area contributed by atoms with Gasteiger partial charge in [-0.3, -0.25) is 4.79 Å². The highest BCUT2D eigenvalue weighted by atomic mass is 16.5. The number of amides is 1. The van der Waals surface area contributed by atoms with Gasteiger partial charge < -0.3 is 14.9 Å². The summed E-state index contributed by atoms with van der Waals surface area (Å²) >= 11 is 0. The van der Waals surface area contributed by atoms with E-state index >= 15 is 0 Å². The molecule has 0 atom stereocenters. The van der Waals surface area contributed by atoms with E-state index in [9.17, 15) is 4.79 Å². The molecule has 0 aliphatic carbocycles. The minimum Gasteiger partial charge on any atom is -0.395 e. The Bertz CT molecular complexity index is 648. The number of aliphatic hydroxyl groups is 1. The van der Waals surface area contributed by atoms with Gasteiger partial charge in [0.1, 0.15) is 5.76 Å². The quantitative estimate of drug-likeness (QED) is 0.836. The Kier molecular flexibility index (Phi) is 4.53. The van der Waals surface area contributed by atoms with E-state index in [4.69, 9.17) is 9.63 Å². The fourth-order valence-electron chi connectivity index (χ4n) is 1.54. The van der Waals surface area contributed by atoms with Crippen LogP contribution in [0, 0.1) is 18.8 Å². The molecule has 0 aliphatic rings. The molecule has 1 amide bonds. The van der Waals surface area contributed by atoms with E-state index in [1.54, 1.807) is 37.3 Å². The number of carbonyl (C=O) groups is 1. The summed E-state index contributed by atoms with van der Waals surface area (Å²) in [4.78, 5) is 11.9. The number of hydrogen-bond acceptors (Lipinski definition) is 4. The summed E-state index contributed by atoms with van der Waals surface area (Å²) in [7, 11) is 0. The smallest absolute Gasteiger partial charge is 0.256 e. The predicted octanol–water partition coefficient (Wildman–Crippen LogP) is 1.97. The first-order valence-corrected chi connectivity index (χ1v) is 6.13. The van der Waals surface area contributed by atoms with Gasteiger partial charge in [-0.05, 0) is 31.2 Å². The number of nitrogens with one attached hydrogen (secondary N) is 1. The Labute approximate surface area is 116 Å². The van der Waals surface area contributed by atoms with Gasteiger partial charge in [0.05, 0.1) is 6.61 Å². The number of carbonyl (C=O) groups excluding carboxylic acids is 1. The number of hydrogen-bond donors (Lipinski definition) is 2. The number of aromatic nitrogens is 1. The zero-order valence-electron chi connectivity index (χ0n) is 11.0. The van der Waals surface area contributed by atoms with Crippen LogP contribution in [0.25, 0.3) is 0 Å². The summed E-state index contributed by atoms with van der Waals surface area (Å²) in [6, 6.07) is 8.53. The molecule has 0 saturated carbocycles. The van der Waals surface area contributed by atoms with Crippen molar-refractivity contribution < 1.29 is 14.4 Å². The van der Waals surface area contributed by atoms with Crippen LogP contribution in [0.3, 0.4) is 0 Å². The van der Waals surface area contributed by atoms with Gasteiger partial charge in [-0.15, -0.1) is 0 Å². The largest absolute Gasteiger partial charge is 0.395 e. The van der Waals surface area contributed by atoms with Crippen LogP contribution in [-0.2, 0) is 0 Å². The second kappa shape index (κ2) is 6.55. The molecule has 2 aromatic rings. The summed E-state index contributed by atoms with van der Waals surface area (Å²) in [5.74, 6) is 6.48. The van der Waals surface area contributed by atoms with Crippen molar-refractivity contribution in [2.24, 2.45) is 0 Å². The van der Waals surface area contributed by atoms with Crippen molar-refractivity contribution in [2.75, 3.05) is 11.9 Å². The van der Waals surface area contributed by atoms with E-state index in [0.29, 0.717) is 23.6 Å². The van der Waals surface area contributed by atoms with E-state index in [0.717, 1.165) is 5.56 Å². The highest BCUT2D eigenvalue weighted by Crippen LogP contribution is 2.10. The fraction of sp³-hybridized carbons (Fsp3) is 0.200. The molecule has 0 aliphatic heterocycles. The molecule has 5 heteroatoms. The van der Waals surface area contributed by atoms with Crippen LogP contribution in [-0.4, -0.2) is 22.8 Å². The molecule has 2 N–H and O–H groups in total. The first kappa shape index (κ1) is 13.8.